The van der Waals surface area contributed by atoms with Crippen LogP contribution in [-0.4, -0.2) is 21.8 Å². The molecule has 2 unspecified atom stereocenters. The second-order valence-corrected chi connectivity index (χ2v) is 9.99. The van der Waals surface area contributed by atoms with Crippen molar-refractivity contribution in [1.82, 2.24) is 14.9 Å². The number of halogens is 1. The van der Waals surface area contributed by atoms with Crippen molar-refractivity contribution in [3.05, 3.63) is 106 Å². The Hall–Kier alpha value is -3.35. The molecule has 0 radical (unpaired) electrons. The minimum absolute atomic E-state index is 0.123. The highest BCUT2D eigenvalue weighted by Gasteiger charge is 2.42. The number of nitrogens with zero attached hydrogens (tertiary/aromatic N) is 3. The third-order valence-electron chi connectivity index (χ3n) is 7.12. The number of aryl methyl sites for hydroxylation is 2. The number of thiocarbonyl (C=S) groups is 1. The van der Waals surface area contributed by atoms with Gasteiger partial charge in [-0.05, 0) is 99.1 Å². The van der Waals surface area contributed by atoms with Gasteiger partial charge in [-0.2, -0.15) is 0 Å². The Labute approximate surface area is 222 Å². The lowest BCUT2D eigenvalue weighted by Crippen LogP contribution is -2.29. The van der Waals surface area contributed by atoms with Crippen molar-refractivity contribution in [3.63, 3.8) is 0 Å². The van der Waals surface area contributed by atoms with Gasteiger partial charge in [-0.25, -0.2) is 0 Å². The molecule has 184 valence electrons. The van der Waals surface area contributed by atoms with Crippen molar-refractivity contribution < 1.29 is 4.74 Å². The number of anilines is 1. The SMILES string of the molecule is COc1ccc(N2C(=S)NC(c3ccccn3)C2c2cc(C)n(-c3cccc(C)c3C)c2C)cc1Cl. The predicted molar refractivity (Wildman–Crippen MR) is 151 cm³/mol. The zero-order valence-corrected chi connectivity index (χ0v) is 22.6. The van der Waals surface area contributed by atoms with Crippen LogP contribution in [0.3, 0.4) is 0 Å². The van der Waals surface area contributed by atoms with Gasteiger partial charge in [0.15, 0.2) is 5.11 Å². The quantitative estimate of drug-likeness (QED) is 0.291. The van der Waals surface area contributed by atoms with Gasteiger partial charge in [-0.1, -0.05) is 29.8 Å². The van der Waals surface area contributed by atoms with E-state index in [1.165, 1.54) is 33.8 Å². The zero-order chi connectivity index (χ0) is 25.6. The summed E-state index contributed by atoms with van der Waals surface area (Å²) in [6.45, 7) is 8.67. The second kappa shape index (κ2) is 9.60. The topological polar surface area (TPSA) is 42.3 Å². The van der Waals surface area contributed by atoms with E-state index in [4.69, 9.17) is 28.6 Å². The van der Waals surface area contributed by atoms with Crippen LogP contribution in [0.5, 0.6) is 5.75 Å². The standard InChI is InChI=1S/C29H29ClN4OS/c1-17-9-8-11-25(19(17)3)33-18(2)15-22(20(33)4)28-27(24-10-6-7-14-31-24)32-29(36)34(28)21-12-13-26(35-5)23(30)16-21/h6-16,27-28H,1-5H3,(H,32,36). The first-order valence-corrected chi connectivity index (χ1v) is 12.7. The van der Waals surface area contributed by atoms with Gasteiger partial charge < -0.3 is 19.5 Å². The number of hydrogen-bond donors (Lipinski definition) is 1. The maximum atomic E-state index is 6.54. The van der Waals surface area contributed by atoms with Crippen LogP contribution in [0.4, 0.5) is 5.69 Å². The van der Waals surface area contributed by atoms with Crippen molar-refractivity contribution in [2.45, 2.75) is 39.8 Å². The van der Waals surface area contributed by atoms with Gasteiger partial charge in [0, 0.05) is 29.0 Å². The molecule has 0 aliphatic carbocycles. The average Bonchev–Trinajstić information content (AvgIpc) is 3.36. The van der Waals surface area contributed by atoms with Gasteiger partial charge in [0.25, 0.3) is 0 Å². The van der Waals surface area contributed by atoms with Crippen molar-refractivity contribution >= 4 is 34.6 Å². The van der Waals surface area contributed by atoms with Gasteiger partial charge in [-0.15, -0.1) is 0 Å². The normalized spacial score (nSPS) is 17.4. The summed E-state index contributed by atoms with van der Waals surface area (Å²) in [5.74, 6) is 0.629. The lowest BCUT2D eigenvalue weighted by atomic mass is 9.96. The molecule has 1 N–H and O–H groups in total. The molecular formula is C29H29ClN4OS. The number of benzene rings is 2. The summed E-state index contributed by atoms with van der Waals surface area (Å²) >= 11 is 12.4. The molecule has 5 rings (SSSR count). The molecule has 2 aromatic carbocycles. The van der Waals surface area contributed by atoms with Crippen molar-refractivity contribution in [1.29, 1.82) is 0 Å². The fourth-order valence-corrected chi connectivity index (χ4v) is 5.79. The summed E-state index contributed by atoms with van der Waals surface area (Å²) in [6.07, 6.45) is 1.82. The van der Waals surface area contributed by atoms with E-state index < -0.39 is 0 Å². The molecule has 0 bridgehead atoms. The van der Waals surface area contributed by atoms with Gasteiger partial charge in [0.05, 0.1) is 29.9 Å². The molecule has 3 heterocycles. The molecule has 2 atom stereocenters. The summed E-state index contributed by atoms with van der Waals surface area (Å²) in [4.78, 5) is 6.83. The minimum Gasteiger partial charge on any atom is -0.495 e. The van der Waals surface area contributed by atoms with E-state index in [1.54, 1.807) is 7.11 Å². The maximum absolute atomic E-state index is 6.54. The van der Waals surface area contributed by atoms with Crippen LogP contribution < -0.4 is 15.0 Å². The highest BCUT2D eigenvalue weighted by molar-refractivity contribution is 7.80. The first-order valence-electron chi connectivity index (χ1n) is 11.9. The predicted octanol–water partition coefficient (Wildman–Crippen LogP) is 6.95. The molecule has 1 saturated heterocycles. The van der Waals surface area contributed by atoms with E-state index in [2.05, 4.69) is 71.7 Å². The van der Waals surface area contributed by atoms with E-state index in [-0.39, 0.29) is 12.1 Å². The number of hydrogen-bond acceptors (Lipinski definition) is 3. The van der Waals surface area contributed by atoms with Crippen LogP contribution in [0, 0.1) is 27.7 Å². The average molecular weight is 517 g/mol. The van der Waals surface area contributed by atoms with Crippen LogP contribution in [-0.2, 0) is 0 Å². The lowest BCUT2D eigenvalue weighted by Gasteiger charge is -2.28. The van der Waals surface area contributed by atoms with Crippen molar-refractivity contribution in [3.8, 4) is 11.4 Å². The third kappa shape index (κ3) is 4.04. The fraction of sp³-hybridized carbons (Fsp3) is 0.241. The highest BCUT2D eigenvalue weighted by Crippen LogP contribution is 2.45. The highest BCUT2D eigenvalue weighted by atomic mass is 35.5. The molecule has 1 fully saturated rings. The maximum Gasteiger partial charge on any atom is 0.174 e. The summed E-state index contributed by atoms with van der Waals surface area (Å²) in [7, 11) is 1.62. The Morgan fingerprint density at radius 3 is 2.50 bits per heavy atom. The molecule has 5 nitrogen and oxygen atoms in total. The Kier molecular flexibility index (Phi) is 6.49. The molecule has 0 amide bonds. The van der Waals surface area contributed by atoms with Gasteiger partial charge >= 0.3 is 0 Å². The van der Waals surface area contributed by atoms with Gasteiger partial charge in [-0.3, -0.25) is 4.98 Å². The zero-order valence-electron chi connectivity index (χ0n) is 21.0. The fourth-order valence-electron chi connectivity index (χ4n) is 5.19. The van der Waals surface area contributed by atoms with E-state index in [0.29, 0.717) is 15.9 Å². The molecule has 2 aromatic heterocycles. The third-order valence-corrected chi connectivity index (χ3v) is 7.73. The summed E-state index contributed by atoms with van der Waals surface area (Å²) in [5.41, 5.74) is 9.09. The molecule has 4 aromatic rings. The first-order chi connectivity index (χ1) is 17.3. The molecule has 0 saturated carbocycles. The summed E-state index contributed by atoms with van der Waals surface area (Å²) in [5, 5.41) is 4.72. The van der Waals surface area contributed by atoms with Gasteiger partial charge in [0.1, 0.15) is 5.75 Å². The van der Waals surface area contributed by atoms with E-state index in [1.807, 2.05) is 42.6 Å². The number of pyridine rings is 1. The molecule has 36 heavy (non-hydrogen) atoms. The number of ether oxygens (including phenoxy) is 1. The van der Waals surface area contributed by atoms with Crippen LogP contribution >= 0.6 is 23.8 Å². The Bertz CT molecular complexity index is 1450. The molecule has 7 heteroatoms. The number of rotatable bonds is 5. The first kappa shape index (κ1) is 24.3. The number of methoxy groups -OCH3 is 1. The van der Waals surface area contributed by atoms with Crippen molar-refractivity contribution in [2.24, 2.45) is 0 Å². The van der Waals surface area contributed by atoms with Crippen molar-refractivity contribution in [2.75, 3.05) is 12.0 Å². The van der Waals surface area contributed by atoms with Crippen LogP contribution in [0.15, 0.2) is 66.9 Å². The van der Waals surface area contributed by atoms with E-state index in [0.717, 1.165) is 11.4 Å². The smallest absolute Gasteiger partial charge is 0.174 e. The molecule has 1 aliphatic heterocycles. The van der Waals surface area contributed by atoms with E-state index in [9.17, 15) is 0 Å². The molecule has 1 aliphatic rings. The Morgan fingerprint density at radius 1 is 1.00 bits per heavy atom. The minimum atomic E-state index is -0.132. The monoisotopic (exact) mass is 516 g/mol. The van der Waals surface area contributed by atoms with Crippen LogP contribution in [0.2, 0.25) is 5.02 Å². The summed E-state index contributed by atoms with van der Waals surface area (Å²) < 4.78 is 7.73. The second-order valence-electron chi connectivity index (χ2n) is 9.20. The summed E-state index contributed by atoms with van der Waals surface area (Å²) in [6, 6.07) is 20.2. The molecular weight excluding hydrogens is 488 g/mol. The molecule has 0 spiro atoms. The lowest BCUT2D eigenvalue weighted by molar-refractivity contribution is 0.415. The Balaban J connectivity index is 1.70. The van der Waals surface area contributed by atoms with Crippen LogP contribution in [0.1, 0.15) is 45.9 Å². The number of nitrogens with one attached hydrogen (secondary N) is 1. The largest absolute Gasteiger partial charge is 0.495 e. The Morgan fingerprint density at radius 2 is 1.81 bits per heavy atom. The van der Waals surface area contributed by atoms with Crippen LogP contribution in [0.25, 0.3) is 5.69 Å². The van der Waals surface area contributed by atoms with Gasteiger partial charge in [0.2, 0.25) is 0 Å². The number of aromatic nitrogens is 2. The van der Waals surface area contributed by atoms with E-state index >= 15 is 0 Å².